The summed E-state index contributed by atoms with van der Waals surface area (Å²) < 4.78 is 3.55. The Hall–Kier alpha value is -1.65. The molecule has 0 aromatic carbocycles. The first-order valence-electron chi connectivity index (χ1n) is 11.0. The van der Waals surface area contributed by atoms with Crippen molar-refractivity contribution in [3.8, 4) is 0 Å². The van der Waals surface area contributed by atoms with Crippen LogP contribution in [0, 0.1) is 0 Å². The standard InChI is InChI=1S/C24H39N3S/c1-6-26(7-2)24-15-14-23(28-24)13-12-22-16-19-25(20-17-22)18-11-21-27(8-3,9-4)10-5/h12-17,19-20H,6-11,18,21H2,1-5H3/q+2. The molecule has 0 atom stereocenters. The van der Waals surface area contributed by atoms with Crippen molar-refractivity contribution in [1.82, 2.24) is 0 Å². The Morgan fingerprint density at radius 1 is 0.893 bits per heavy atom. The van der Waals surface area contributed by atoms with E-state index in [-0.39, 0.29) is 0 Å². The summed E-state index contributed by atoms with van der Waals surface area (Å²) in [6.45, 7) is 19.6. The predicted molar refractivity (Wildman–Crippen MR) is 125 cm³/mol. The van der Waals surface area contributed by atoms with Crippen molar-refractivity contribution in [2.45, 2.75) is 47.6 Å². The highest BCUT2D eigenvalue weighted by molar-refractivity contribution is 7.17. The molecule has 28 heavy (non-hydrogen) atoms. The molecule has 0 saturated carbocycles. The Morgan fingerprint density at radius 3 is 2.11 bits per heavy atom. The van der Waals surface area contributed by atoms with Crippen LogP contribution in [0.2, 0.25) is 0 Å². The monoisotopic (exact) mass is 401 g/mol. The fraction of sp³-hybridized carbons (Fsp3) is 0.542. The average molecular weight is 402 g/mol. The topological polar surface area (TPSA) is 7.12 Å². The molecule has 0 N–H and O–H groups in total. The molecule has 0 aliphatic heterocycles. The summed E-state index contributed by atoms with van der Waals surface area (Å²) in [5.74, 6) is 0. The second-order valence-electron chi connectivity index (χ2n) is 7.42. The maximum atomic E-state index is 2.40. The van der Waals surface area contributed by atoms with Gasteiger partial charge in [0, 0.05) is 30.1 Å². The minimum absolute atomic E-state index is 1.06. The van der Waals surface area contributed by atoms with E-state index in [9.17, 15) is 0 Å². The lowest BCUT2D eigenvalue weighted by Crippen LogP contribution is -2.49. The summed E-state index contributed by atoms with van der Waals surface area (Å²) in [4.78, 5) is 3.71. The van der Waals surface area contributed by atoms with Gasteiger partial charge in [-0.1, -0.05) is 6.08 Å². The van der Waals surface area contributed by atoms with Crippen molar-refractivity contribution < 1.29 is 9.05 Å². The normalized spacial score (nSPS) is 12.0. The van der Waals surface area contributed by atoms with Gasteiger partial charge < -0.3 is 9.38 Å². The van der Waals surface area contributed by atoms with Gasteiger partial charge in [0.2, 0.25) is 0 Å². The third kappa shape index (κ3) is 6.18. The van der Waals surface area contributed by atoms with Gasteiger partial charge in [-0.25, -0.2) is 4.57 Å². The largest absolute Gasteiger partial charge is 0.364 e. The van der Waals surface area contributed by atoms with Crippen molar-refractivity contribution in [2.24, 2.45) is 0 Å². The van der Waals surface area contributed by atoms with Crippen molar-refractivity contribution >= 4 is 28.5 Å². The fourth-order valence-corrected chi connectivity index (χ4v) is 4.82. The highest BCUT2D eigenvalue weighted by Gasteiger charge is 2.20. The second kappa shape index (κ2) is 11.4. The summed E-state index contributed by atoms with van der Waals surface area (Å²) in [5, 5.41) is 1.36. The Morgan fingerprint density at radius 2 is 1.54 bits per heavy atom. The molecule has 2 heterocycles. The summed E-state index contributed by atoms with van der Waals surface area (Å²) in [6, 6.07) is 8.89. The van der Waals surface area contributed by atoms with Crippen LogP contribution in [0.1, 0.15) is 51.5 Å². The quantitative estimate of drug-likeness (QED) is 0.345. The van der Waals surface area contributed by atoms with Crippen LogP contribution in [-0.2, 0) is 6.54 Å². The summed E-state index contributed by atoms with van der Waals surface area (Å²) in [7, 11) is 0. The average Bonchev–Trinajstić information content (AvgIpc) is 3.21. The van der Waals surface area contributed by atoms with Gasteiger partial charge in [0.05, 0.1) is 37.6 Å². The minimum Gasteiger partial charge on any atom is -0.364 e. The lowest BCUT2D eigenvalue weighted by Gasteiger charge is -2.35. The van der Waals surface area contributed by atoms with Crippen LogP contribution in [-0.4, -0.2) is 43.8 Å². The van der Waals surface area contributed by atoms with Gasteiger partial charge in [-0.3, -0.25) is 0 Å². The van der Waals surface area contributed by atoms with Crippen LogP contribution in [0.25, 0.3) is 12.2 Å². The molecule has 0 radical (unpaired) electrons. The molecule has 2 aromatic rings. The number of pyridine rings is 1. The molecule has 0 saturated heterocycles. The van der Waals surface area contributed by atoms with Gasteiger partial charge in [-0.15, -0.1) is 11.3 Å². The number of hydrogen-bond acceptors (Lipinski definition) is 2. The summed E-state index contributed by atoms with van der Waals surface area (Å²) in [5.41, 5.74) is 1.26. The van der Waals surface area contributed by atoms with Gasteiger partial charge in [0.1, 0.15) is 0 Å². The smallest absolute Gasteiger partial charge is 0.169 e. The Balaban J connectivity index is 1.89. The molecule has 2 rings (SSSR count). The summed E-state index contributed by atoms with van der Waals surface area (Å²) >= 11 is 1.86. The lowest BCUT2D eigenvalue weighted by molar-refractivity contribution is -0.925. The maximum Gasteiger partial charge on any atom is 0.169 e. The van der Waals surface area contributed by atoms with Gasteiger partial charge in [0.25, 0.3) is 0 Å². The fourth-order valence-electron chi connectivity index (χ4n) is 3.78. The lowest BCUT2D eigenvalue weighted by atomic mass is 10.2. The van der Waals surface area contributed by atoms with Crippen molar-refractivity contribution in [1.29, 1.82) is 0 Å². The van der Waals surface area contributed by atoms with Crippen LogP contribution in [0.3, 0.4) is 0 Å². The predicted octanol–water partition coefficient (Wildman–Crippen LogP) is 5.32. The van der Waals surface area contributed by atoms with E-state index in [1.807, 2.05) is 11.3 Å². The highest BCUT2D eigenvalue weighted by atomic mass is 32.1. The zero-order valence-electron chi connectivity index (χ0n) is 18.5. The SMILES string of the molecule is CCN(CC)c1ccc(C=Cc2cc[n+](CCC[N+](CC)(CC)CC)cc2)s1. The van der Waals surface area contributed by atoms with Gasteiger partial charge >= 0.3 is 0 Å². The number of aromatic nitrogens is 1. The molecule has 0 bridgehead atoms. The van der Waals surface area contributed by atoms with Gasteiger partial charge in [-0.05, 0) is 58.4 Å². The summed E-state index contributed by atoms with van der Waals surface area (Å²) in [6.07, 6.45) is 10.1. The molecule has 0 spiro atoms. The molecular weight excluding hydrogens is 362 g/mol. The van der Waals surface area contributed by atoms with E-state index in [1.54, 1.807) is 0 Å². The number of rotatable bonds is 12. The van der Waals surface area contributed by atoms with Crippen LogP contribution in [0.5, 0.6) is 0 Å². The number of aryl methyl sites for hydroxylation is 1. The van der Waals surface area contributed by atoms with Crippen LogP contribution in [0.15, 0.2) is 36.7 Å². The molecule has 0 aliphatic carbocycles. The third-order valence-electron chi connectivity index (χ3n) is 6.11. The zero-order chi connectivity index (χ0) is 20.4. The van der Waals surface area contributed by atoms with Crippen molar-refractivity contribution in [3.05, 3.63) is 47.1 Å². The van der Waals surface area contributed by atoms with E-state index < -0.39 is 0 Å². The number of anilines is 1. The number of nitrogens with zero attached hydrogens (tertiary/aromatic N) is 3. The van der Waals surface area contributed by atoms with E-state index >= 15 is 0 Å². The first-order chi connectivity index (χ1) is 13.6. The zero-order valence-corrected chi connectivity index (χ0v) is 19.3. The van der Waals surface area contributed by atoms with E-state index in [0.29, 0.717) is 0 Å². The minimum atomic E-state index is 1.06. The highest BCUT2D eigenvalue weighted by Crippen LogP contribution is 2.27. The molecule has 0 fully saturated rings. The third-order valence-corrected chi connectivity index (χ3v) is 7.22. The Kier molecular flexibility index (Phi) is 9.20. The Labute approximate surface area is 176 Å². The van der Waals surface area contributed by atoms with Crippen LogP contribution in [0.4, 0.5) is 5.00 Å². The van der Waals surface area contributed by atoms with Crippen LogP contribution < -0.4 is 9.47 Å². The number of quaternary nitrogens is 1. The van der Waals surface area contributed by atoms with Crippen LogP contribution >= 0.6 is 11.3 Å². The molecule has 0 aliphatic rings. The van der Waals surface area contributed by atoms with E-state index in [0.717, 1.165) is 19.6 Å². The number of thiophene rings is 1. The van der Waals surface area contributed by atoms with Gasteiger partial charge in [0.15, 0.2) is 18.9 Å². The second-order valence-corrected chi connectivity index (χ2v) is 8.51. The first kappa shape index (κ1) is 22.6. The molecule has 0 unspecified atom stereocenters. The molecular formula is C24H39N3S+2. The molecule has 3 nitrogen and oxygen atoms in total. The number of hydrogen-bond donors (Lipinski definition) is 0. The Bertz CT molecular complexity index is 701. The van der Waals surface area contributed by atoms with E-state index in [1.165, 1.54) is 52.5 Å². The maximum absolute atomic E-state index is 2.40. The molecule has 154 valence electrons. The van der Waals surface area contributed by atoms with E-state index in [4.69, 9.17) is 0 Å². The van der Waals surface area contributed by atoms with Crippen molar-refractivity contribution in [2.75, 3.05) is 44.2 Å². The molecule has 4 heteroatoms. The van der Waals surface area contributed by atoms with Gasteiger partial charge in [-0.2, -0.15) is 0 Å². The molecule has 2 aromatic heterocycles. The van der Waals surface area contributed by atoms with Crippen molar-refractivity contribution in [3.63, 3.8) is 0 Å². The van der Waals surface area contributed by atoms with E-state index in [2.05, 4.69) is 92.9 Å². The first-order valence-corrected chi connectivity index (χ1v) is 11.8. The molecule has 0 amide bonds.